The Bertz CT molecular complexity index is 1210. The van der Waals surface area contributed by atoms with Crippen molar-refractivity contribution in [2.24, 2.45) is 0 Å². The maximum Gasteiger partial charge on any atom is 1.00 e. The summed E-state index contributed by atoms with van der Waals surface area (Å²) in [7, 11) is -4.81. The van der Waals surface area contributed by atoms with Crippen molar-refractivity contribution in [3.05, 3.63) is 53.6 Å². The van der Waals surface area contributed by atoms with Crippen molar-refractivity contribution in [1.82, 2.24) is 0 Å². The Kier molecular flexibility index (Phi) is 36.2. The fourth-order valence-corrected chi connectivity index (χ4v) is 6.96. The molecular weight excluding hydrogens is 712 g/mol. The van der Waals surface area contributed by atoms with E-state index >= 15 is 0 Å². The van der Waals surface area contributed by atoms with Gasteiger partial charge in [-0.2, -0.15) is 0 Å². The molecule has 1 rings (SSSR count). The number of hydrogen-bond acceptors (Lipinski definition) is 7. The second kappa shape index (κ2) is 36.8. The second-order valence-corrected chi connectivity index (χ2v) is 15.7. The summed E-state index contributed by atoms with van der Waals surface area (Å²) in [4.78, 5) is 25.2. The molecule has 0 N–H and O–H groups in total. The van der Waals surface area contributed by atoms with E-state index in [1.165, 1.54) is 134 Å². The van der Waals surface area contributed by atoms with Crippen molar-refractivity contribution in [3.63, 3.8) is 0 Å². The molecule has 7 nitrogen and oxygen atoms in total. The third-order valence-electron chi connectivity index (χ3n) is 9.69. The van der Waals surface area contributed by atoms with Crippen molar-refractivity contribution >= 4 is 22.1 Å². The second-order valence-electron chi connectivity index (χ2n) is 14.3. The summed E-state index contributed by atoms with van der Waals surface area (Å²) in [5.74, 6) is -1.55. The third kappa shape index (κ3) is 30.1. The molecule has 0 bridgehead atoms. The van der Waals surface area contributed by atoms with E-state index in [2.05, 4.69) is 38.2 Å². The summed E-state index contributed by atoms with van der Waals surface area (Å²) in [5.41, 5.74) is -0.338. The first-order valence-electron chi connectivity index (χ1n) is 21.0. The number of benzene rings is 1. The van der Waals surface area contributed by atoms with E-state index < -0.39 is 27.0 Å². The molecule has 0 fully saturated rings. The van der Waals surface area contributed by atoms with E-state index in [0.29, 0.717) is 12.8 Å². The van der Waals surface area contributed by atoms with Crippen LogP contribution in [0.5, 0.6) is 0 Å². The molecule has 0 atom stereocenters. The van der Waals surface area contributed by atoms with E-state index in [0.717, 1.165) is 50.7 Å². The van der Waals surface area contributed by atoms with Crippen LogP contribution in [0.1, 0.15) is 214 Å². The molecule has 53 heavy (non-hydrogen) atoms. The van der Waals surface area contributed by atoms with Crippen LogP contribution in [0.4, 0.5) is 0 Å². The van der Waals surface area contributed by atoms with E-state index in [1.54, 1.807) is 0 Å². The smallest absolute Gasteiger partial charge is 0.744 e. The van der Waals surface area contributed by atoms with Crippen LogP contribution in [-0.2, 0) is 19.6 Å². The first kappa shape index (κ1) is 52.2. The predicted molar refractivity (Wildman–Crippen MR) is 214 cm³/mol. The minimum atomic E-state index is -4.81. The number of rotatable bonds is 35. The molecule has 298 valence electrons. The van der Waals surface area contributed by atoms with Gasteiger partial charge in [-0.05, 0) is 70.6 Å². The largest absolute Gasteiger partial charge is 1.00 e. The maximum atomic E-state index is 12.9. The number of carbonyl (C=O) groups is 2. The van der Waals surface area contributed by atoms with Crippen molar-refractivity contribution < 1.29 is 83.4 Å². The Hall–Kier alpha value is -0.814. The van der Waals surface area contributed by atoms with Crippen molar-refractivity contribution in [1.29, 1.82) is 0 Å². The monoisotopic (exact) mass is 784 g/mol. The van der Waals surface area contributed by atoms with Gasteiger partial charge in [-0.1, -0.05) is 166 Å². The molecule has 0 saturated heterocycles. The molecule has 0 radical (unpaired) electrons. The molecule has 9 heteroatoms. The van der Waals surface area contributed by atoms with Gasteiger partial charge in [-0.3, -0.25) is 0 Å². The number of allylic oxidation sites excluding steroid dienone is 4. The Morgan fingerprint density at radius 1 is 0.509 bits per heavy atom. The number of esters is 2. The van der Waals surface area contributed by atoms with Gasteiger partial charge in [0.1, 0.15) is 10.1 Å². The molecule has 0 spiro atoms. The molecule has 1 aromatic carbocycles. The molecule has 0 saturated carbocycles. The van der Waals surface area contributed by atoms with E-state index in [1.807, 2.05) is 0 Å². The quantitative estimate of drug-likeness (QED) is 0.0222. The van der Waals surface area contributed by atoms with Gasteiger partial charge < -0.3 is 14.0 Å². The topological polar surface area (TPSA) is 110 Å². The van der Waals surface area contributed by atoms with Crippen LogP contribution in [0.3, 0.4) is 0 Å². The number of ether oxygens (including phenoxy) is 2. The molecule has 0 amide bonds. The van der Waals surface area contributed by atoms with Crippen LogP contribution in [0, 0.1) is 0 Å². The first-order chi connectivity index (χ1) is 25.3. The molecule has 1 aromatic rings. The standard InChI is InChI=1S/C44H74O7S.K/c1-3-5-7-9-11-13-15-17-19-21-23-25-27-29-31-33-37-50-43(45)41-36-35-40(52(47,48)49)39-42(41)44(46)51-38-34-32-30-28-26-24-22-20-18-16-14-12-10-8-6-4-2;/h3-6,35-36,39H,7-34,37-38H2,1-2H3,(H,47,48,49);/q;+1/p-1/b5-3+,6-4+;. The van der Waals surface area contributed by atoms with Gasteiger partial charge in [0.05, 0.1) is 29.2 Å². The van der Waals surface area contributed by atoms with Crippen LogP contribution >= 0.6 is 0 Å². The minimum Gasteiger partial charge on any atom is -0.744 e. The zero-order valence-corrected chi connectivity index (χ0v) is 38.0. The summed E-state index contributed by atoms with van der Waals surface area (Å²) >= 11 is 0. The van der Waals surface area contributed by atoms with E-state index in [4.69, 9.17) is 9.47 Å². The van der Waals surface area contributed by atoms with Gasteiger partial charge in [0, 0.05) is 0 Å². The fraction of sp³-hybridized carbons (Fsp3) is 0.727. The normalized spacial score (nSPS) is 11.7. The molecule has 0 aromatic heterocycles. The molecular formula is C44H73KO7S. The zero-order valence-electron chi connectivity index (χ0n) is 34.0. The number of hydrogen-bond donors (Lipinski definition) is 0. The van der Waals surface area contributed by atoms with Crippen LogP contribution < -0.4 is 51.4 Å². The van der Waals surface area contributed by atoms with Crippen LogP contribution in [0.15, 0.2) is 47.4 Å². The van der Waals surface area contributed by atoms with Crippen LogP contribution in [0.25, 0.3) is 0 Å². The SMILES string of the molecule is C/C=C/CCCCCCCCCCCCCCCOC(=O)c1ccc(S(=O)(=O)[O-])cc1C(=O)OCCCCCCCCCCCCCCC/C=C/C.[K+]. The molecule has 0 aliphatic rings. The summed E-state index contributed by atoms with van der Waals surface area (Å²) in [5, 5.41) is 0. The van der Waals surface area contributed by atoms with Crippen molar-refractivity contribution in [2.45, 2.75) is 199 Å². The average Bonchev–Trinajstić information content (AvgIpc) is 3.13. The van der Waals surface area contributed by atoms with Crippen molar-refractivity contribution in [3.8, 4) is 0 Å². The minimum absolute atomic E-state index is 0. The molecule has 0 aliphatic carbocycles. The summed E-state index contributed by atoms with van der Waals surface area (Å²) in [6, 6.07) is 3.14. The van der Waals surface area contributed by atoms with Gasteiger partial charge in [0.2, 0.25) is 0 Å². The summed E-state index contributed by atoms with van der Waals surface area (Å²) < 4.78 is 45.7. The van der Waals surface area contributed by atoms with Crippen LogP contribution in [-0.4, -0.2) is 38.1 Å². The maximum absolute atomic E-state index is 12.9. The Labute approximate surface area is 367 Å². The fourth-order valence-electron chi connectivity index (χ4n) is 6.46. The molecule has 0 aliphatic heterocycles. The Balaban J connectivity index is 0.0000270. The van der Waals surface area contributed by atoms with Gasteiger partial charge in [-0.15, -0.1) is 0 Å². The van der Waals surface area contributed by atoms with Gasteiger partial charge in [0.25, 0.3) is 0 Å². The van der Waals surface area contributed by atoms with Crippen LogP contribution in [0.2, 0.25) is 0 Å². The Morgan fingerprint density at radius 3 is 1.13 bits per heavy atom. The number of unbranched alkanes of at least 4 members (excludes halogenated alkanes) is 26. The summed E-state index contributed by atoms with van der Waals surface area (Å²) in [6.45, 7) is 4.53. The first-order valence-corrected chi connectivity index (χ1v) is 22.4. The molecule has 0 unspecified atom stereocenters. The summed E-state index contributed by atoms with van der Waals surface area (Å²) in [6.07, 6.45) is 42.4. The van der Waals surface area contributed by atoms with Gasteiger partial charge in [-0.25, -0.2) is 18.0 Å². The van der Waals surface area contributed by atoms with E-state index in [-0.39, 0.29) is 75.7 Å². The number of carbonyl (C=O) groups excluding carboxylic acids is 2. The van der Waals surface area contributed by atoms with Crippen molar-refractivity contribution in [2.75, 3.05) is 13.2 Å². The van der Waals surface area contributed by atoms with Gasteiger partial charge in [0.15, 0.2) is 0 Å². The predicted octanol–water partition coefficient (Wildman–Crippen LogP) is 9.98. The van der Waals surface area contributed by atoms with E-state index in [9.17, 15) is 22.6 Å². The molecule has 0 heterocycles. The zero-order chi connectivity index (χ0) is 38.0. The van der Waals surface area contributed by atoms with Gasteiger partial charge >= 0.3 is 63.3 Å². The third-order valence-corrected chi connectivity index (χ3v) is 10.5. The average molecular weight is 785 g/mol. The Morgan fingerprint density at radius 2 is 0.811 bits per heavy atom.